The molecule has 14 atom stereocenters. The quantitative estimate of drug-likeness (QED) is 0.0396. The number of alkyl halides is 1. The molecule has 0 unspecified atom stereocenters. The van der Waals surface area contributed by atoms with Gasteiger partial charge in [-0.3, -0.25) is 49.0 Å². The fourth-order valence-electron chi connectivity index (χ4n) is 11.8. The molecular weight excluding hydrogens is 1440 g/mol. The molecule has 6 aliphatic heterocycles. The van der Waals surface area contributed by atoms with Crippen LogP contribution < -0.4 is 29.9 Å². The number of nitrogens with one attached hydrogen (secondary N) is 1. The third-order valence-corrected chi connectivity index (χ3v) is 19.5. The van der Waals surface area contributed by atoms with Gasteiger partial charge in [-0.15, -0.1) is 0 Å². The fraction of sp³-hybridized carbons (Fsp3) is 0.463. The summed E-state index contributed by atoms with van der Waals surface area (Å²) in [4.78, 5) is 64.3. The molecule has 0 saturated carbocycles. The second-order valence-electron chi connectivity index (χ2n) is 27.6. The molecule has 3 aromatic heterocycles. The minimum atomic E-state index is -2.27. The molecule has 13 rings (SSSR count). The Morgan fingerprint density at radius 1 is 0.421 bits per heavy atom. The van der Waals surface area contributed by atoms with Gasteiger partial charge < -0.3 is 63.5 Å². The maximum atomic E-state index is 11.4. The number of likely N-dealkylation sites (tertiary alicyclic amines) is 5. The molecule has 580 valence electrons. The van der Waals surface area contributed by atoms with Crippen LogP contribution in [0.2, 0.25) is 0 Å². The first-order valence-corrected chi connectivity index (χ1v) is 36.8. The molecule has 27 heteroatoms. The Balaban J connectivity index is 0.000000416. The SMILES string of the molecule is BrCc1ccncc1.C[C@H]1CN(Cc2ccccc2)C[C@@H]1C.C[C@H]1CN(Cc2ccncc2)C[C@@H]1C.C[C@H]1CNC[C@@H]1C.NCc1ccccc1.O=C(O)[C@H](O)[C@@H](O)C(=O)O.O=C1[C@H](O)[C@@H](O)C(=O)N1Cc1ccccc1.O[C@H]1CN(Cc2ccccc2)C[C@@H]1O.O[C@H]1CN(Cc2ccncc2)C[C@@H]1O.[AlH3].[H-].[Li+]. The molecule has 24 nitrogen and oxygen atoms in total. The average molecular weight is 1550 g/mol. The number of pyridine rings is 3. The molecule has 9 heterocycles. The van der Waals surface area contributed by atoms with E-state index in [9.17, 15) is 49.8 Å². The molecule has 0 spiro atoms. The smallest absolute Gasteiger partial charge is 1.00 e. The van der Waals surface area contributed by atoms with Crippen molar-refractivity contribution in [2.75, 3.05) is 65.4 Å². The Kier molecular flexibility index (Phi) is 45.8. The number of carboxylic acid groups (broad SMARTS) is 2. The number of hydrogen-bond donors (Lipinski definition) is 12. The minimum absolute atomic E-state index is 0. The summed E-state index contributed by atoms with van der Waals surface area (Å²) in [6.45, 7) is 28.1. The zero-order valence-corrected chi connectivity index (χ0v) is 63.8. The van der Waals surface area contributed by atoms with Gasteiger partial charge in [-0.2, -0.15) is 0 Å². The maximum absolute atomic E-state index is 11.4. The van der Waals surface area contributed by atoms with Crippen molar-refractivity contribution in [3.8, 4) is 0 Å². The van der Waals surface area contributed by atoms with Crippen LogP contribution in [0.15, 0.2) is 195 Å². The number of rotatable bonds is 15. The summed E-state index contributed by atoms with van der Waals surface area (Å²) >= 11 is 3.33. The molecule has 2 amide bonds. The summed E-state index contributed by atoms with van der Waals surface area (Å²) in [6.07, 6.45) is 0.661. The van der Waals surface area contributed by atoms with Crippen LogP contribution in [0.3, 0.4) is 0 Å². The van der Waals surface area contributed by atoms with Crippen LogP contribution in [0.5, 0.6) is 0 Å². The Hall–Kier alpha value is -6.54. The molecule has 4 aromatic carbocycles. The van der Waals surface area contributed by atoms with Crippen molar-refractivity contribution >= 4 is 57.0 Å². The van der Waals surface area contributed by atoms with E-state index < -0.39 is 72.6 Å². The molecule has 0 aliphatic carbocycles. The first kappa shape index (κ1) is 94.7. The van der Waals surface area contributed by atoms with Gasteiger partial charge in [0, 0.05) is 128 Å². The van der Waals surface area contributed by atoms with E-state index in [2.05, 4.69) is 147 Å². The number of carboxylic acids is 2. The van der Waals surface area contributed by atoms with E-state index in [0.29, 0.717) is 32.7 Å². The van der Waals surface area contributed by atoms with E-state index in [1.165, 1.54) is 67.1 Å². The van der Waals surface area contributed by atoms with Crippen molar-refractivity contribution in [3.63, 3.8) is 0 Å². The number of halogens is 1. The third kappa shape index (κ3) is 35.4. The Bertz CT molecular complexity index is 3160. The number of imide groups is 1. The van der Waals surface area contributed by atoms with Gasteiger partial charge >= 0.3 is 30.8 Å². The first-order chi connectivity index (χ1) is 50.3. The summed E-state index contributed by atoms with van der Waals surface area (Å²) in [5, 5.41) is 92.6. The van der Waals surface area contributed by atoms with Crippen molar-refractivity contribution in [2.45, 2.75) is 135 Å². The van der Waals surface area contributed by atoms with Gasteiger partial charge in [0.2, 0.25) is 0 Å². The van der Waals surface area contributed by atoms with Crippen LogP contribution >= 0.6 is 15.9 Å². The zero-order chi connectivity index (χ0) is 76.8. The number of carbonyl (C=O) groups is 4. The van der Waals surface area contributed by atoms with Crippen molar-refractivity contribution in [2.24, 2.45) is 41.2 Å². The van der Waals surface area contributed by atoms with Crippen LogP contribution in [-0.4, -0.2) is 246 Å². The third-order valence-electron chi connectivity index (χ3n) is 18.8. The van der Waals surface area contributed by atoms with Gasteiger partial charge in [-0.1, -0.05) is 179 Å². The summed E-state index contributed by atoms with van der Waals surface area (Å²) in [5.74, 6) is 0.179. The molecule has 7 aromatic rings. The van der Waals surface area contributed by atoms with Gasteiger partial charge in [-0.25, -0.2) is 9.59 Å². The van der Waals surface area contributed by atoms with Gasteiger partial charge in [0.25, 0.3) is 11.8 Å². The Morgan fingerprint density at radius 2 is 0.664 bits per heavy atom. The molecule has 13 N–H and O–H groups in total. The van der Waals surface area contributed by atoms with E-state index in [1.807, 2.05) is 96.2 Å². The predicted molar refractivity (Wildman–Crippen MR) is 418 cm³/mol. The van der Waals surface area contributed by atoms with E-state index in [1.54, 1.807) is 49.1 Å². The molecule has 6 fully saturated rings. The summed E-state index contributed by atoms with van der Waals surface area (Å²) in [5.41, 5.74) is 13.8. The van der Waals surface area contributed by atoms with Crippen LogP contribution in [-0.2, 0) is 63.8 Å². The second kappa shape index (κ2) is 51.8. The first-order valence-electron chi connectivity index (χ1n) is 35.7. The van der Waals surface area contributed by atoms with E-state index in [0.717, 1.165) is 83.0 Å². The number of aromatic nitrogens is 3. The molecule has 107 heavy (non-hydrogen) atoms. The molecule has 6 aliphatic rings. The number of nitrogens with two attached hydrogens (primary N) is 1. The van der Waals surface area contributed by atoms with Gasteiger partial charge in [0.1, 0.15) is 0 Å². The fourth-order valence-corrected chi connectivity index (χ4v) is 12.2. The summed E-state index contributed by atoms with van der Waals surface area (Å²) in [6, 6.07) is 51.8. The summed E-state index contributed by atoms with van der Waals surface area (Å²) in [7, 11) is 0. The van der Waals surface area contributed by atoms with Gasteiger partial charge in [0.05, 0.1) is 31.0 Å². The van der Waals surface area contributed by atoms with Crippen LogP contribution in [0.4, 0.5) is 0 Å². The average Bonchev–Trinajstić information content (AvgIpc) is 1.65. The van der Waals surface area contributed by atoms with Crippen molar-refractivity contribution in [1.29, 1.82) is 0 Å². The van der Waals surface area contributed by atoms with Crippen molar-refractivity contribution in [1.82, 2.24) is 44.8 Å². The van der Waals surface area contributed by atoms with Crippen LogP contribution in [0.1, 0.15) is 81.9 Å². The van der Waals surface area contributed by atoms with Crippen molar-refractivity contribution < 1.29 is 90.5 Å². The number of hydrogen-bond acceptors (Lipinski definition) is 21. The van der Waals surface area contributed by atoms with Crippen LogP contribution in [0.25, 0.3) is 0 Å². The number of aliphatic hydroxyl groups excluding tert-OH is 8. The monoisotopic (exact) mass is 1550 g/mol. The number of aliphatic hydroxyl groups is 8. The number of carbonyl (C=O) groups excluding carboxylic acids is 2. The number of benzene rings is 4. The zero-order valence-electron chi connectivity index (χ0n) is 63.2. The minimum Gasteiger partial charge on any atom is -1.00 e. The Morgan fingerprint density at radius 3 is 0.888 bits per heavy atom. The van der Waals surface area contributed by atoms with E-state index in [4.69, 9.17) is 26.2 Å². The maximum Gasteiger partial charge on any atom is 1.00 e. The largest absolute Gasteiger partial charge is 1.00 e. The van der Waals surface area contributed by atoms with E-state index >= 15 is 0 Å². The number of aliphatic carboxylic acids is 2. The number of amides is 2. The standard InChI is InChI=1S/C13H19N.C12H18N2.C11H11NO4.C11H15NO2.C10H14N2O2.C7H9N.C6H6BrN.C6H13N.C4H6O6.Al.Li.4H/c1-11-8-14(9-12(11)2)10-13-6-4-3-5-7-13;1-10-7-14(8-11(10)2)9-12-3-5-13-6-4-12;13-8-9(14)11(16)12(10(8)15)6-7-4-2-1-3-5-7;13-10-7-12(8-11(10)14)6-9-4-2-1-3-5-9;13-9-6-12(7-10(9)14)5-8-1-3-11-4-2-8;8-6-7-4-2-1-3-5-7;7-5-6-1-3-8-4-2-6;1-5-3-7-4-6(5)2;5-1(3(7)8)2(6)4(9)10;;;;;;/h3-7,11-12H,8-10H2,1-2H3;3-6,10-11H,7-9H2,1-2H3;1-5,8-9,13-14H,6H2;1-5,10-11,13-14H,6-8H2;1-4,9-10,13-14H,5-7H2;1-5H,6,8H2;1-4H,5H2;5-7H,3-4H2,1-2H3;1-2,5-6H,(H,7,8)(H,9,10);;;;;;/q;;;;;;;;;;+1;;;;-1/t11-,12-;10-,11-;8-,9-;10-,11-;9-,10-;;;5-,6-;1-,2-;;;;;;/m00100..01....../s1. The molecule has 0 bridgehead atoms. The Labute approximate surface area is 663 Å². The molecule has 0 radical (unpaired) electrons. The van der Waals surface area contributed by atoms with Crippen molar-refractivity contribution in [3.05, 3.63) is 234 Å². The van der Waals surface area contributed by atoms with E-state index in [-0.39, 0.29) is 44.2 Å². The second-order valence-corrected chi connectivity index (χ2v) is 28.2. The topological polar surface area (TPSA) is 364 Å². The van der Waals surface area contributed by atoms with Gasteiger partial charge in [0.15, 0.2) is 41.8 Å². The van der Waals surface area contributed by atoms with Crippen LogP contribution in [0, 0.1) is 35.5 Å². The van der Waals surface area contributed by atoms with Gasteiger partial charge in [-0.05, 0) is 124 Å². The number of β-amino-alcohol motifs (C(OH)–C–C–N with tert-alkyl or cyclic N) is 4. The summed E-state index contributed by atoms with van der Waals surface area (Å²) < 4.78 is 0. The molecular formula is C80H115AlBrLiN10O14. The normalized spacial score (nSPS) is 24.1. The number of nitrogens with zero attached hydrogens (tertiary/aromatic N) is 8. The molecule has 6 saturated heterocycles. The predicted octanol–water partition coefficient (Wildman–Crippen LogP) is 1.86.